The van der Waals surface area contributed by atoms with Crippen molar-refractivity contribution < 1.29 is 4.42 Å². The van der Waals surface area contributed by atoms with E-state index in [1.54, 1.807) is 0 Å². The number of hydrogen-bond acceptors (Lipinski definition) is 2. The minimum atomic E-state index is 0.580. The Bertz CT molecular complexity index is 229. The fourth-order valence-corrected chi connectivity index (χ4v) is 1.69. The van der Waals surface area contributed by atoms with E-state index in [4.69, 9.17) is 10.2 Å². The number of hydrogen-bond donors (Lipinski definition) is 1. The van der Waals surface area contributed by atoms with Gasteiger partial charge in [-0.2, -0.15) is 0 Å². The molecule has 0 saturated carbocycles. The van der Waals surface area contributed by atoms with E-state index < -0.39 is 0 Å². The highest BCUT2D eigenvalue weighted by Gasteiger charge is 2.11. The van der Waals surface area contributed by atoms with Gasteiger partial charge in [-0.25, -0.2) is 0 Å². The van der Waals surface area contributed by atoms with Crippen LogP contribution >= 0.6 is 0 Å². The maximum absolute atomic E-state index is 5.54. The van der Waals surface area contributed by atoms with Gasteiger partial charge in [-0.3, -0.25) is 0 Å². The monoisotopic (exact) mass is 151 g/mol. The highest BCUT2D eigenvalue weighted by atomic mass is 16.4. The predicted octanol–water partition coefficient (Wildman–Crippen LogP) is 2.13. The van der Waals surface area contributed by atoms with E-state index in [2.05, 4.69) is 0 Å². The molecule has 1 heterocycles. The van der Waals surface area contributed by atoms with E-state index in [0.717, 1.165) is 18.6 Å². The van der Waals surface area contributed by atoms with E-state index in [0.29, 0.717) is 5.88 Å². The summed E-state index contributed by atoms with van der Waals surface area (Å²) < 4.78 is 5.36. The maximum Gasteiger partial charge on any atom is 0.190 e. The van der Waals surface area contributed by atoms with Crippen LogP contribution < -0.4 is 5.73 Å². The second-order valence-electron chi connectivity index (χ2n) is 3.16. The average molecular weight is 151 g/mol. The highest BCUT2D eigenvalue weighted by molar-refractivity contribution is 5.34. The van der Waals surface area contributed by atoms with Gasteiger partial charge in [-0.15, -0.1) is 0 Å². The quantitative estimate of drug-likeness (QED) is 0.577. The van der Waals surface area contributed by atoms with E-state index in [9.17, 15) is 0 Å². The number of nitrogens with two attached hydrogens (primary N) is 1. The zero-order valence-electron chi connectivity index (χ0n) is 6.60. The van der Waals surface area contributed by atoms with Crippen LogP contribution in [0.5, 0.6) is 0 Å². The zero-order chi connectivity index (χ0) is 7.68. The van der Waals surface area contributed by atoms with Gasteiger partial charge in [0.2, 0.25) is 0 Å². The SMILES string of the molecule is Nc1cc2c(o1)CCCCC2. The fraction of sp³-hybridized carbons (Fsp3) is 0.556. The summed E-state index contributed by atoms with van der Waals surface area (Å²) in [5.74, 6) is 1.71. The Hall–Kier alpha value is -0.920. The molecule has 0 saturated heterocycles. The van der Waals surface area contributed by atoms with E-state index in [1.807, 2.05) is 6.07 Å². The molecule has 60 valence electrons. The van der Waals surface area contributed by atoms with Crippen LogP contribution in [0.1, 0.15) is 30.6 Å². The lowest BCUT2D eigenvalue weighted by atomic mass is 10.1. The summed E-state index contributed by atoms with van der Waals surface area (Å²) >= 11 is 0. The van der Waals surface area contributed by atoms with Crippen molar-refractivity contribution in [2.24, 2.45) is 0 Å². The Morgan fingerprint density at radius 3 is 2.91 bits per heavy atom. The number of aryl methyl sites for hydroxylation is 2. The third kappa shape index (κ3) is 1.25. The molecule has 0 aromatic carbocycles. The molecule has 0 aliphatic heterocycles. The van der Waals surface area contributed by atoms with Crippen LogP contribution in [0.25, 0.3) is 0 Å². The number of fused-ring (bicyclic) bond motifs is 1. The maximum atomic E-state index is 5.54. The van der Waals surface area contributed by atoms with Crippen molar-refractivity contribution in [3.8, 4) is 0 Å². The van der Waals surface area contributed by atoms with Crippen molar-refractivity contribution in [3.63, 3.8) is 0 Å². The molecule has 0 radical (unpaired) electrons. The smallest absolute Gasteiger partial charge is 0.190 e. The lowest BCUT2D eigenvalue weighted by Crippen LogP contribution is -1.81. The van der Waals surface area contributed by atoms with Gasteiger partial charge in [0.05, 0.1) is 0 Å². The van der Waals surface area contributed by atoms with Crippen LogP contribution in [-0.4, -0.2) is 0 Å². The molecule has 2 N–H and O–H groups in total. The molecule has 2 rings (SSSR count). The Balaban J connectivity index is 2.32. The second-order valence-corrected chi connectivity index (χ2v) is 3.16. The first-order valence-corrected chi connectivity index (χ1v) is 4.23. The first kappa shape index (κ1) is 6.77. The lowest BCUT2D eigenvalue weighted by molar-refractivity contribution is 0.517. The van der Waals surface area contributed by atoms with Crippen LogP contribution in [0.3, 0.4) is 0 Å². The number of rotatable bonds is 0. The topological polar surface area (TPSA) is 39.2 Å². The second kappa shape index (κ2) is 2.61. The van der Waals surface area contributed by atoms with Crippen LogP contribution in [0.4, 0.5) is 5.88 Å². The Kier molecular flexibility index (Phi) is 1.60. The van der Waals surface area contributed by atoms with Crippen molar-refractivity contribution in [3.05, 3.63) is 17.4 Å². The number of nitrogen functional groups attached to an aromatic ring is 1. The highest BCUT2D eigenvalue weighted by Crippen LogP contribution is 2.24. The number of furan rings is 1. The minimum absolute atomic E-state index is 0.580. The van der Waals surface area contributed by atoms with E-state index >= 15 is 0 Å². The Labute approximate surface area is 66.4 Å². The van der Waals surface area contributed by atoms with Gasteiger partial charge in [-0.1, -0.05) is 6.42 Å². The van der Waals surface area contributed by atoms with Crippen molar-refractivity contribution in [2.45, 2.75) is 32.1 Å². The molecule has 1 aromatic rings. The Morgan fingerprint density at radius 1 is 1.18 bits per heavy atom. The van der Waals surface area contributed by atoms with Crippen LogP contribution in [0, 0.1) is 0 Å². The van der Waals surface area contributed by atoms with Gasteiger partial charge in [0.15, 0.2) is 5.88 Å². The van der Waals surface area contributed by atoms with Gasteiger partial charge < -0.3 is 10.2 Å². The summed E-state index contributed by atoms with van der Waals surface area (Å²) in [5, 5.41) is 0. The van der Waals surface area contributed by atoms with E-state index in [1.165, 1.54) is 24.8 Å². The van der Waals surface area contributed by atoms with Crippen LogP contribution in [0.2, 0.25) is 0 Å². The molecule has 1 aromatic heterocycles. The number of anilines is 1. The molecule has 1 aliphatic rings. The molecule has 0 bridgehead atoms. The molecule has 1 aliphatic carbocycles. The van der Waals surface area contributed by atoms with Gasteiger partial charge in [0.25, 0.3) is 0 Å². The van der Waals surface area contributed by atoms with Crippen LogP contribution in [-0.2, 0) is 12.8 Å². The minimum Gasteiger partial charge on any atom is -0.446 e. The summed E-state index contributed by atoms with van der Waals surface area (Å²) in [6.45, 7) is 0. The molecule has 0 spiro atoms. The van der Waals surface area contributed by atoms with E-state index in [-0.39, 0.29) is 0 Å². The predicted molar refractivity (Wildman–Crippen MR) is 44.4 cm³/mol. The first-order chi connectivity index (χ1) is 5.36. The molecule has 0 fully saturated rings. The molecular weight excluding hydrogens is 138 g/mol. The van der Waals surface area contributed by atoms with Crippen molar-refractivity contribution >= 4 is 5.88 Å². The summed E-state index contributed by atoms with van der Waals surface area (Å²) in [5.41, 5.74) is 6.88. The molecule has 0 amide bonds. The summed E-state index contributed by atoms with van der Waals surface area (Å²) in [4.78, 5) is 0. The molecule has 11 heavy (non-hydrogen) atoms. The third-order valence-electron chi connectivity index (χ3n) is 2.27. The van der Waals surface area contributed by atoms with Gasteiger partial charge >= 0.3 is 0 Å². The third-order valence-corrected chi connectivity index (χ3v) is 2.27. The largest absolute Gasteiger partial charge is 0.446 e. The fourth-order valence-electron chi connectivity index (χ4n) is 1.69. The lowest BCUT2D eigenvalue weighted by Gasteiger charge is -1.91. The summed E-state index contributed by atoms with van der Waals surface area (Å²) in [6.07, 6.45) is 6.08. The van der Waals surface area contributed by atoms with Gasteiger partial charge in [0, 0.05) is 12.5 Å². The molecule has 0 unspecified atom stereocenters. The van der Waals surface area contributed by atoms with Crippen molar-refractivity contribution in [2.75, 3.05) is 5.73 Å². The molecule has 2 heteroatoms. The average Bonchev–Trinajstić information content (AvgIpc) is 2.17. The summed E-state index contributed by atoms with van der Waals surface area (Å²) in [6, 6.07) is 1.97. The summed E-state index contributed by atoms with van der Waals surface area (Å²) in [7, 11) is 0. The molecule has 2 nitrogen and oxygen atoms in total. The van der Waals surface area contributed by atoms with Gasteiger partial charge in [-0.05, 0) is 24.8 Å². The molecular formula is C9H13NO. The zero-order valence-corrected chi connectivity index (χ0v) is 6.60. The Morgan fingerprint density at radius 2 is 2.00 bits per heavy atom. The van der Waals surface area contributed by atoms with Crippen LogP contribution in [0.15, 0.2) is 10.5 Å². The molecule has 0 atom stereocenters. The first-order valence-electron chi connectivity index (χ1n) is 4.23. The standard InChI is InChI=1S/C9H13NO/c10-9-6-7-4-2-1-3-5-8(7)11-9/h6H,1-5,10H2. The normalized spacial score (nSPS) is 17.5. The van der Waals surface area contributed by atoms with Crippen molar-refractivity contribution in [1.29, 1.82) is 0 Å². The van der Waals surface area contributed by atoms with Gasteiger partial charge in [0.1, 0.15) is 5.76 Å². The van der Waals surface area contributed by atoms with Crippen molar-refractivity contribution in [1.82, 2.24) is 0 Å².